The molecule has 0 saturated carbocycles. The highest BCUT2D eigenvalue weighted by Gasteiger charge is 2.22. The molecule has 1 aromatic heterocycles. The van der Waals surface area contributed by atoms with Crippen LogP contribution in [0.5, 0.6) is 0 Å². The Hall–Kier alpha value is -1.40. The number of rotatable bonds is 2. The SMILES string of the molecule is O=C(O)c1sc2ccc(Br)cc2c1C(=O)O. The van der Waals surface area contributed by atoms with Gasteiger partial charge in [-0.05, 0) is 18.2 Å². The molecule has 0 amide bonds. The fraction of sp³-hybridized carbons (Fsp3) is 0. The van der Waals surface area contributed by atoms with Crippen molar-refractivity contribution in [3.05, 3.63) is 33.1 Å². The van der Waals surface area contributed by atoms with Crippen molar-refractivity contribution < 1.29 is 19.8 Å². The Labute approximate surface area is 102 Å². The van der Waals surface area contributed by atoms with Crippen LogP contribution >= 0.6 is 27.3 Å². The molecule has 2 aromatic rings. The van der Waals surface area contributed by atoms with Crippen LogP contribution in [0.2, 0.25) is 0 Å². The van der Waals surface area contributed by atoms with E-state index in [2.05, 4.69) is 15.9 Å². The van der Waals surface area contributed by atoms with Crippen molar-refractivity contribution in [2.75, 3.05) is 0 Å². The maximum atomic E-state index is 11.0. The van der Waals surface area contributed by atoms with Gasteiger partial charge in [0.05, 0.1) is 5.56 Å². The minimum absolute atomic E-state index is 0.138. The van der Waals surface area contributed by atoms with Gasteiger partial charge in [-0.15, -0.1) is 11.3 Å². The zero-order valence-corrected chi connectivity index (χ0v) is 10.1. The minimum Gasteiger partial charge on any atom is -0.478 e. The smallest absolute Gasteiger partial charge is 0.346 e. The van der Waals surface area contributed by atoms with Gasteiger partial charge in [-0.3, -0.25) is 0 Å². The molecular weight excluding hydrogens is 296 g/mol. The molecule has 6 heteroatoms. The first-order valence-corrected chi connectivity index (χ1v) is 5.80. The quantitative estimate of drug-likeness (QED) is 0.894. The third-order valence-corrected chi connectivity index (χ3v) is 3.71. The number of halogens is 1. The monoisotopic (exact) mass is 300 g/mol. The molecule has 0 unspecified atom stereocenters. The fourth-order valence-electron chi connectivity index (χ4n) is 1.43. The van der Waals surface area contributed by atoms with E-state index in [1.54, 1.807) is 18.2 Å². The maximum Gasteiger partial charge on any atom is 0.346 e. The topological polar surface area (TPSA) is 74.6 Å². The zero-order valence-electron chi connectivity index (χ0n) is 7.73. The van der Waals surface area contributed by atoms with Gasteiger partial charge in [0.25, 0.3) is 0 Å². The molecule has 0 saturated heterocycles. The molecule has 0 bridgehead atoms. The van der Waals surface area contributed by atoms with Gasteiger partial charge in [0.1, 0.15) is 4.88 Å². The number of hydrogen-bond acceptors (Lipinski definition) is 3. The second-order valence-corrected chi connectivity index (χ2v) is 5.02. The summed E-state index contributed by atoms with van der Waals surface area (Å²) >= 11 is 4.19. The molecule has 0 aliphatic carbocycles. The Kier molecular flexibility index (Phi) is 2.69. The summed E-state index contributed by atoms with van der Waals surface area (Å²) in [5.74, 6) is -2.43. The van der Waals surface area contributed by atoms with Crippen molar-refractivity contribution in [3.8, 4) is 0 Å². The van der Waals surface area contributed by atoms with Crippen molar-refractivity contribution in [3.63, 3.8) is 0 Å². The first kappa shape index (κ1) is 11.1. The molecule has 0 radical (unpaired) electrons. The van der Waals surface area contributed by atoms with Gasteiger partial charge in [-0.2, -0.15) is 0 Å². The van der Waals surface area contributed by atoms with E-state index < -0.39 is 11.9 Å². The van der Waals surface area contributed by atoms with Gasteiger partial charge in [0.15, 0.2) is 0 Å². The number of benzene rings is 1. The van der Waals surface area contributed by atoms with E-state index in [0.717, 1.165) is 15.8 Å². The summed E-state index contributed by atoms with van der Waals surface area (Å²) in [4.78, 5) is 21.8. The lowest BCUT2D eigenvalue weighted by molar-refractivity contribution is 0.0657. The highest BCUT2D eigenvalue weighted by molar-refractivity contribution is 9.10. The van der Waals surface area contributed by atoms with Gasteiger partial charge >= 0.3 is 11.9 Å². The van der Waals surface area contributed by atoms with Crippen LogP contribution in [-0.4, -0.2) is 22.2 Å². The molecule has 16 heavy (non-hydrogen) atoms. The maximum absolute atomic E-state index is 11.0. The first-order valence-electron chi connectivity index (χ1n) is 4.19. The van der Waals surface area contributed by atoms with Crippen LogP contribution in [0.1, 0.15) is 20.0 Å². The Bertz CT molecular complexity index is 602. The summed E-state index contributed by atoms with van der Waals surface area (Å²) in [5, 5.41) is 18.4. The van der Waals surface area contributed by atoms with Crippen molar-refractivity contribution in [2.24, 2.45) is 0 Å². The molecule has 0 fully saturated rings. The molecular formula is C10H5BrO4S. The number of thiophene rings is 1. The molecule has 82 valence electrons. The molecule has 0 aliphatic rings. The van der Waals surface area contributed by atoms with E-state index >= 15 is 0 Å². The molecule has 4 nitrogen and oxygen atoms in total. The van der Waals surface area contributed by atoms with Crippen LogP contribution in [0.15, 0.2) is 22.7 Å². The van der Waals surface area contributed by atoms with Crippen molar-refractivity contribution in [1.82, 2.24) is 0 Å². The molecule has 2 rings (SSSR count). The van der Waals surface area contributed by atoms with Crippen LogP contribution in [0, 0.1) is 0 Å². The van der Waals surface area contributed by atoms with Gasteiger partial charge < -0.3 is 10.2 Å². The minimum atomic E-state index is -1.22. The van der Waals surface area contributed by atoms with E-state index in [4.69, 9.17) is 10.2 Å². The van der Waals surface area contributed by atoms with Gasteiger partial charge in [0, 0.05) is 14.6 Å². The summed E-state index contributed by atoms with van der Waals surface area (Å²) in [7, 11) is 0. The third kappa shape index (κ3) is 1.70. The predicted octanol–water partition coefficient (Wildman–Crippen LogP) is 3.06. The Morgan fingerprint density at radius 3 is 2.44 bits per heavy atom. The van der Waals surface area contributed by atoms with Crippen molar-refractivity contribution in [1.29, 1.82) is 0 Å². The molecule has 0 aliphatic heterocycles. The Morgan fingerprint density at radius 1 is 1.19 bits per heavy atom. The summed E-state index contributed by atoms with van der Waals surface area (Å²) in [5.41, 5.74) is -0.145. The highest BCUT2D eigenvalue weighted by Crippen LogP contribution is 2.33. The highest BCUT2D eigenvalue weighted by atomic mass is 79.9. The van der Waals surface area contributed by atoms with E-state index in [1.807, 2.05) is 0 Å². The second-order valence-electron chi connectivity index (χ2n) is 3.06. The van der Waals surface area contributed by atoms with Crippen LogP contribution in [0.25, 0.3) is 10.1 Å². The van der Waals surface area contributed by atoms with Crippen molar-refractivity contribution >= 4 is 49.3 Å². The number of hydrogen-bond donors (Lipinski definition) is 2. The lowest BCUT2D eigenvalue weighted by Gasteiger charge is -1.95. The lowest BCUT2D eigenvalue weighted by atomic mass is 10.1. The number of fused-ring (bicyclic) bond motifs is 1. The summed E-state index contributed by atoms with van der Waals surface area (Å²) in [6.45, 7) is 0. The largest absolute Gasteiger partial charge is 0.478 e. The number of carboxylic acids is 2. The average molecular weight is 301 g/mol. The molecule has 0 atom stereocenters. The molecule has 2 N–H and O–H groups in total. The third-order valence-electron chi connectivity index (χ3n) is 2.06. The van der Waals surface area contributed by atoms with Crippen LogP contribution in [0.4, 0.5) is 0 Å². The average Bonchev–Trinajstić information content (AvgIpc) is 2.55. The second kappa shape index (κ2) is 3.88. The van der Waals surface area contributed by atoms with Gasteiger partial charge in [-0.1, -0.05) is 15.9 Å². The van der Waals surface area contributed by atoms with E-state index in [9.17, 15) is 9.59 Å². The molecule has 1 aromatic carbocycles. The fourth-order valence-corrected chi connectivity index (χ4v) is 2.81. The standard InChI is InChI=1S/C10H5BrO4S/c11-4-1-2-6-5(3-4)7(9(12)13)8(16-6)10(14)15/h1-3H,(H,12,13)(H,14,15). The van der Waals surface area contributed by atoms with Crippen LogP contribution in [-0.2, 0) is 0 Å². The van der Waals surface area contributed by atoms with E-state index in [-0.39, 0.29) is 10.4 Å². The van der Waals surface area contributed by atoms with Crippen LogP contribution < -0.4 is 0 Å². The normalized spacial score (nSPS) is 10.6. The number of carboxylic acid groups (broad SMARTS) is 2. The van der Waals surface area contributed by atoms with Crippen LogP contribution in [0.3, 0.4) is 0 Å². The summed E-state index contributed by atoms with van der Waals surface area (Å²) in [6.07, 6.45) is 0. The number of aromatic carboxylic acids is 2. The molecule has 1 heterocycles. The van der Waals surface area contributed by atoms with E-state index in [0.29, 0.717) is 10.1 Å². The van der Waals surface area contributed by atoms with Gasteiger partial charge in [-0.25, -0.2) is 9.59 Å². The Balaban J connectivity index is 2.88. The molecule has 0 spiro atoms. The lowest BCUT2D eigenvalue weighted by Crippen LogP contribution is -2.03. The number of carbonyl (C=O) groups is 2. The van der Waals surface area contributed by atoms with E-state index in [1.165, 1.54) is 0 Å². The van der Waals surface area contributed by atoms with Gasteiger partial charge in [0.2, 0.25) is 0 Å². The zero-order chi connectivity index (χ0) is 11.9. The summed E-state index contributed by atoms with van der Waals surface area (Å²) in [6, 6.07) is 5.06. The predicted molar refractivity (Wildman–Crippen MR) is 63.4 cm³/mol. The first-order chi connectivity index (χ1) is 7.50. The Morgan fingerprint density at radius 2 is 1.88 bits per heavy atom. The summed E-state index contributed by atoms with van der Waals surface area (Å²) < 4.78 is 1.37. The van der Waals surface area contributed by atoms with Crippen molar-refractivity contribution in [2.45, 2.75) is 0 Å².